The number of thioether (sulfide) groups is 2. The minimum Gasteiger partial charge on any atom is -0.466 e. The Kier molecular flexibility index (Phi) is 15.5. The summed E-state index contributed by atoms with van der Waals surface area (Å²) < 4.78 is 11.2. The zero-order valence-corrected chi connectivity index (χ0v) is 25.6. The molecule has 2 rings (SSSR count). The Morgan fingerprint density at radius 3 is 1.42 bits per heavy atom. The first kappa shape index (κ1) is 32.7. The van der Waals surface area contributed by atoms with E-state index in [0.717, 1.165) is 62.0 Å². The lowest BCUT2D eigenvalue weighted by Gasteiger charge is -2.14. The van der Waals surface area contributed by atoms with Crippen LogP contribution in [0.5, 0.6) is 0 Å². The average Bonchev–Trinajstić information content (AvgIpc) is 3.32. The zero-order valence-electron chi connectivity index (χ0n) is 22.3. The van der Waals surface area contributed by atoms with Gasteiger partial charge in [-0.25, -0.2) is 0 Å². The van der Waals surface area contributed by atoms with Crippen LogP contribution in [0.3, 0.4) is 0 Å². The van der Waals surface area contributed by atoms with E-state index < -0.39 is 0 Å². The number of esters is 2. The lowest BCUT2D eigenvalue weighted by Crippen LogP contribution is -2.31. The highest BCUT2D eigenvalue weighted by atomic mass is 32.2. The van der Waals surface area contributed by atoms with E-state index in [4.69, 9.17) is 33.9 Å². The fraction of sp³-hybridized carbons (Fsp3) is 0.692. The summed E-state index contributed by atoms with van der Waals surface area (Å²) in [6.45, 7) is 5.91. The van der Waals surface area contributed by atoms with Crippen molar-refractivity contribution >= 4 is 80.4 Å². The molecule has 2 fully saturated rings. The minimum atomic E-state index is -0.263. The summed E-state index contributed by atoms with van der Waals surface area (Å²) in [6.07, 6.45) is 8.79. The summed E-state index contributed by atoms with van der Waals surface area (Å²) >= 11 is 13.1. The summed E-state index contributed by atoms with van der Waals surface area (Å²) in [5, 5.41) is 0. The van der Waals surface area contributed by atoms with Gasteiger partial charge in [0.25, 0.3) is 11.8 Å². The van der Waals surface area contributed by atoms with Gasteiger partial charge in [0.15, 0.2) is 0 Å². The van der Waals surface area contributed by atoms with Crippen molar-refractivity contribution in [2.24, 2.45) is 0 Å². The maximum atomic E-state index is 13.1. The van der Waals surface area contributed by atoms with Crippen LogP contribution in [0.4, 0.5) is 0 Å². The molecule has 38 heavy (non-hydrogen) atoms. The molecule has 12 heteroatoms. The summed E-state index contributed by atoms with van der Waals surface area (Å²) in [7, 11) is 0. The van der Waals surface area contributed by atoms with Crippen molar-refractivity contribution in [2.75, 3.05) is 26.3 Å². The van der Waals surface area contributed by atoms with Crippen molar-refractivity contribution in [1.29, 1.82) is 0 Å². The fourth-order valence-corrected chi connectivity index (χ4v) is 6.46. The molecular formula is C26H38N2O6S4. The van der Waals surface area contributed by atoms with Gasteiger partial charge in [-0.2, -0.15) is 0 Å². The maximum absolute atomic E-state index is 13.1. The van der Waals surface area contributed by atoms with Crippen LogP contribution in [-0.2, 0) is 28.7 Å². The normalized spacial score (nSPS) is 17.6. The van der Waals surface area contributed by atoms with Crippen LogP contribution >= 0.6 is 48.0 Å². The predicted molar refractivity (Wildman–Crippen MR) is 159 cm³/mol. The summed E-state index contributed by atoms with van der Waals surface area (Å²) in [6, 6.07) is 0. The first-order valence-corrected chi connectivity index (χ1v) is 15.9. The van der Waals surface area contributed by atoms with Crippen LogP contribution in [0.1, 0.15) is 90.9 Å². The predicted octanol–water partition coefficient (Wildman–Crippen LogP) is 5.73. The van der Waals surface area contributed by atoms with Crippen LogP contribution in [0.2, 0.25) is 0 Å². The zero-order chi connectivity index (χ0) is 27.9. The lowest BCUT2D eigenvalue weighted by molar-refractivity contribution is -0.144. The second-order valence-electron chi connectivity index (χ2n) is 9.08. The quantitative estimate of drug-likeness (QED) is 0.0839. The molecule has 0 unspecified atom stereocenters. The standard InChI is InChI=1S/C26H38N2O6S4/c1-3-5-17-33-19(29)13-9-7-11-15-27-23(31)21(37-25(27)35)22-24(32)28(26(36)38-22)16-12-8-10-14-20(30)34-18-6-4-2/h3-18H2,1-2H3. The molecule has 0 saturated carbocycles. The van der Waals surface area contributed by atoms with E-state index in [-0.39, 0.29) is 23.8 Å². The molecule has 2 heterocycles. The number of carbonyl (C=O) groups excluding carboxylic acids is 4. The molecular weight excluding hydrogens is 565 g/mol. The number of hydrogen-bond donors (Lipinski definition) is 0. The summed E-state index contributed by atoms with van der Waals surface area (Å²) in [5.41, 5.74) is 0. The van der Waals surface area contributed by atoms with Gasteiger partial charge in [0.1, 0.15) is 8.64 Å². The summed E-state index contributed by atoms with van der Waals surface area (Å²) in [5.74, 6) is -0.894. The molecule has 0 spiro atoms. The number of amides is 2. The molecule has 0 aromatic rings. The second-order valence-corrected chi connectivity index (χ2v) is 12.4. The van der Waals surface area contributed by atoms with Crippen LogP contribution < -0.4 is 0 Å². The van der Waals surface area contributed by atoms with Crippen molar-refractivity contribution in [3.05, 3.63) is 9.81 Å². The highest BCUT2D eigenvalue weighted by Crippen LogP contribution is 2.42. The van der Waals surface area contributed by atoms with Crippen molar-refractivity contribution in [3.63, 3.8) is 0 Å². The molecule has 2 amide bonds. The van der Waals surface area contributed by atoms with Gasteiger partial charge in [-0.1, -0.05) is 87.5 Å². The Morgan fingerprint density at radius 1 is 0.658 bits per heavy atom. The van der Waals surface area contributed by atoms with E-state index in [2.05, 4.69) is 0 Å². The van der Waals surface area contributed by atoms with E-state index >= 15 is 0 Å². The van der Waals surface area contributed by atoms with Gasteiger partial charge in [0.05, 0.1) is 23.0 Å². The fourth-order valence-electron chi connectivity index (χ4n) is 3.69. The molecule has 212 valence electrons. The molecule has 8 nitrogen and oxygen atoms in total. The topological polar surface area (TPSA) is 93.2 Å². The van der Waals surface area contributed by atoms with Crippen molar-refractivity contribution < 1.29 is 28.7 Å². The van der Waals surface area contributed by atoms with Gasteiger partial charge in [-0.15, -0.1) is 0 Å². The lowest BCUT2D eigenvalue weighted by atomic mass is 10.2. The molecule has 2 saturated heterocycles. The van der Waals surface area contributed by atoms with Gasteiger partial charge < -0.3 is 9.47 Å². The van der Waals surface area contributed by atoms with Crippen molar-refractivity contribution in [1.82, 2.24) is 9.80 Å². The number of unbranched alkanes of at least 4 members (excludes halogenated alkanes) is 6. The number of hydrogen-bond acceptors (Lipinski definition) is 10. The molecule has 0 bridgehead atoms. The van der Waals surface area contributed by atoms with Crippen LogP contribution in [0.25, 0.3) is 0 Å². The average molecular weight is 603 g/mol. The maximum Gasteiger partial charge on any atom is 0.305 e. The number of rotatable bonds is 18. The van der Waals surface area contributed by atoms with Gasteiger partial charge in [-0.05, 0) is 38.5 Å². The van der Waals surface area contributed by atoms with Crippen LogP contribution in [0.15, 0.2) is 9.81 Å². The molecule has 0 N–H and O–H groups in total. The second kappa shape index (κ2) is 18.0. The molecule has 2 aliphatic rings. The molecule has 0 radical (unpaired) electrons. The smallest absolute Gasteiger partial charge is 0.305 e. The third-order valence-electron chi connectivity index (χ3n) is 5.95. The minimum absolute atomic E-state index is 0.184. The van der Waals surface area contributed by atoms with Crippen LogP contribution in [-0.4, -0.2) is 68.5 Å². The first-order chi connectivity index (χ1) is 18.3. The number of ether oxygens (including phenoxy) is 2. The first-order valence-electron chi connectivity index (χ1n) is 13.4. The third kappa shape index (κ3) is 10.6. The highest BCUT2D eigenvalue weighted by Gasteiger charge is 2.41. The molecule has 2 aliphatic heterocycles. The van der Waals surface area contributed by atoms with Crippen molar-refractivity contribution in [2.45, 2.75) is 90.9 Å². The Hall–Kier alpha value is -1.50. The molecule has 0 atom stereocenters. The molecule has 0 aromatic carbocycles. The largest absolute Gasteiger partial charge is 0.466 e. The van der Waals surface area contributed by atoms with E-state index in [9.17, 15) is 19.2 Å². The Labute approximate surface area is 245 Å². The third-order valence-corrected chi connectivity index (χ3v) is 8.98. The van der Waals surface area contributed by atoms with E-state index in [0.29, 0.717) is 83.3 Å². The Bertz CT molecular complexity index is 851. The van der Waals surface area contributed by atoms with E-state index in [1.807, 2.05) is 13.8 Å². The van der Waals surface area contributed by atoms with E-state index in [1.54, 1.807) is 0 Å². The van der Waals surface area contributed by atoms with Gasteiger partial charge in [-0.3, -0.25) is 29.0 Å². The highest BCUT2D eigenvalue weighted by molar-refractivity contribution is 8.29. The number of thiocarbonyl (C=S) groups is 2. The van der Waals surface area contributed by atoms with Gasteiger partial charge in [0.2, 0.25) is 0 Å². The Balaban J connectivity index is 1.76. The van der Waals surface area contributed by atoms with Gasteiger partial charge >= 0.3 is 11.9 Å². The van der Waals surface area contributed by atoms with Crippen molar-refractivity contribution in [3.8, 4) is 0 Å². The van der Waals surface area contributed by atoms with E-state index in [1.165, 1.54) is 9.80 Å². The molecule has 0 aromatic heterocycles. The summed E-state index contributed by atoms with van der Waals surface area (Å²) in [4.78, 5) is 53.2. The SMILES string of the molecule is CCCCOC(=O)CCCCCN1C(=O)C(=C2SC(=S)N(CCCCCC(=O)OCCCC)C2=O)SC1=S. The number of carbonyl (C=O) groups is 4. The number of nitrogens with zero attached hydrogens (tertiary/aromatic N) is 2. The molecule has 0 aliphatic carbocycles. The van der Waals surface area contributed by atoms with Gasteiger partial charge in [0, 0.05) is 25.9 Å². The monoisotopic (exact) mass is 602 g/mol. The van der Waals surface area contributed by atoms with Crippen LogP contribution in [0, 0.1) is 0 Å². The Morgan fingerprint density at radius 2 is 1.05 bits per heavy atom.